The SMILES string of the molecule is C=C(N)Nc1cc2c(cn1)/C(C)=C\NC(C1CCCCC1)=CC(CCC1COC1)=CC=N2. The molecule has 0 atom stereocenters. The lowest BCUT2D eigenvalue weighted by atomic mass is 9.85. The van der Waals surface area contributed by atoms with E-state index in [2.05, 4.69) is 47.5 Å². The molecule has 6 heteroatoms. The van der Waals surface area contributed by atoms with E-state index in [0.717, 1.165) is 42.9 Å². The Balaban J connectivity index is 1.66. The smallest absolute Gasteiger partial charge is 0.133 e. The maximum Gasteiger partial charge on any atom is 0.133 e. The van der Waals surface area contributed by atoms with Crippen molar-refractivity contribution in [1.29, 1.82) is 0 Å². The van der Waals surface area contributed by atoms with E-state index in [0.29, 0.717) is 23.5 Å². The van der Waals surface area contributed by atoms with E-state index in [4.69, 9.17) is 15.5 Å². The fourth-order valence-electron chi connectivity index (χ4n) is 4.49. The molecule has 0 unspecified atom stereocenters. The molecule has 3 aliphatic rings. The van der Waals surface area contributed by atoms with Crippen LogP contribution in [0.5, 0.6) is 0 Å². The average Bonchev–Trinajstić information content (AvgIpc) is 2.77. The highest BCUT2D eigenvalue weighted by molar-refractivity contribution is 5.82. The zero-order valence-corrected chi connectivity index (χ0v) is 19.1. The second-order valence-electron chi connectivity index (χ2n) is 9.11. The Hall–Kier alpha value is -2.86. The molecule has 1 aromatic rings. The van der Waals surface area contributed by atoms with Gasteiger partial charge in [-0.25, -0.2) is 4.98 Å². The van der Waals surface area contributed by atoms with Gasteiger partial charge >= 0.3 is 0 Å². The molecule has 3 heterocycles. The van der Waals surface area contributed by atoms with Gasteiger partial charge in [0.1, 0.15) is 5.82 Å². The highest BCUT2D eigenvalue weighted by Gasteiger charge is 2.20. The van der Waals surface area contributed by atoms with Crippen molar-refractivity contribution in [1.82, 2.24) is 10.3 Å². The van der Waals surface area contributed by atoms with E-state index in [9.17, 15) is 0 Å². The van der Waals surface area contributed by atoms with Crippen LogP contribution in [0.4, 0.5) is 11.5 Å². The minimum Gasteiger partial charge on any atom is -0.386 e. The fourth-order valence-corrected chi connectivity index (χ4v) is 4.49. The monoisotopic (exact) mass is 433 g/mol. The molecule has 1 saturated heterocycles. The maximum atomic E-state index is 5.70. The molecule has 4 rings (SSSR count). The Bertz CT molecular complexity index is 949. The second kappa shape index (κ2) is 10.6. The van der Waals surface area contributed by atoms with Crippen molar-refractivity contribution in [2.45, 2.75) is 51.9 Å². The average molecular weight is 434 g/mol. The van der Waals surface area contributed by atoms with E-state index in [1.807, 2.05) is 18.5 Å². The number of anilines is 1. The zero-order valence-electron chi connectivity index (χ0n) is 19.1. The van der Waals surface area contributed by atoms with Crippen molar-refractivity contribution >= 4 is 23.3 Å². The first-order valence-electron chi connectivity index (χ1n) is 11.8. The third-order valence-corrected chi connectivity index (χ3v) is 6.49. The molecule has 4 N–H and O–H groups in total. The van der Waals surface area contributed by atoms with Gasteiger partial charge in [0.05, 0.1) is 24.7 Å². The van der Waals surface area contributed by atoms with E-state index in [1.54, 1.807) is 0 Å². The molecule has 2 aliphatic heterocycles. The molecule has 0 amide bonds. The van der Waals surface area contributed by atoms with Gasteiger partial charge in [-0.3, -0.25) is 4.99 Å². The van der Waals surface area contributed by atoms with E-state index in [-0.39, 0.29) is 0 Å². The summed E-state index contributed by atoms with van der Waals surface area (Å²) < 4.78 is 5.37. The van der Waals surface area contributed by atoms with Crippen molar-refractivity contribution in [3.63, 3.8) is 0 Å². The molecule has 1 aromatic heterocycles. The van der Waals surface area contributed by atoms with Gasteiger partial charge in [0.25, 0.3) is 0 Å². The summed E-state index contributed by atoms with van der Waals surface area (Å²) in [7, 11) is 0. The van der Waals surface area contributed by atoms with E-state index < -0.39 is 0 Å². The molecule has 0 radical (unpaired) electrons. The van der Waals surface area contributed by atoms with Crippen LogP contribution in [-0.2, 0) is 4.74 Å². The van der Waals surface area contributed by atoms with E-state index in [1.165, 1.54) is 43.4 Å². The van der Waals surface area contributed by atoms with Gasteiger partial charge in [0.15, 0.2) is 0 Å². The normalized spacial score (nSPS) is 21.6. The lowest BCUT2D eigenvalue weighted by Crippen LogP contribution is -2.27. The van der Waals surface area contributed by atoms with Crippen molar-refractivity contribution in [2.75, 3.05) is 18.5 Å². The highest BCUT2D eigenvalue weighted by Crippen LogP contribution is 2.32. The molecule has 6 nitrogen and oxygen atoms in total. The Labute approximate surface area is 191 Å². The summed E-state index contributed by atoms with van der Waals surface area (Å²) in [6.45, 7) is 7.58. The van der Waals surface area contributed by atoms with Gasteiger partial charge in [-0.05, 0) is 61.8 Å². The predicted octanol–water partition coefficient (Wildman–Crippen LogP) is 5.41. The molecular weight excluding hydrogens is 398 g/mol. The minimum absolute atomic E-state index is 0.357. The molecule has 32 heavy (non-hydrogen) atoms. The van der Waals surface area contributed by atoms with Crippen LogP contribution >= 0.6 is 0 Å². The lowest BCUT2D eigenvalue weighted by molar-refractivity contribution is -0.0351. The molecular formula is C26H35N5O. The molecule has 1 aliphatic carbocycles. The van der Waals surface area contributed by atoms with Crippen LogP contribution in [0.15, 0.2) is 59.3 Å². The van der Waals surface area contributed by atoms with E-state index >= 15 is 0 Å². The number of hydrogen-bond acceptors (Lipinski definition) is 6. The quantitative estimate of drug-likeness (QED) is 0.559. The summed E-state index contributed by atoms with van der Waals surface area (Å²) in [5.41, 5.74) is 11.3. The number of hydrogen-bond donors (Lipinski definition) is 3. The largest absolute Gasteiger partial charge is 0.386 e. The Morgan fingerprint density at radius 1 is 1.28 bits per heavy atom. The van der Waals surface area contributed by atoms with Crippen LogP contribution in [-0.4, -0.2) is 24.4 Å². The van der Waals surface area contributed by atoms with Gasteiger partial charge in [0, 0.05) is 41.9 Å². The van der Waals surface area contributed by atoms with Crippen molar-refractivity contribution < 1.29 is 4.74 Å². The molecule has 0 spiro atoms. The fraction of sp³-hybridized carbons (Fsp3) is 0.462. The first kappa shape index (κ1) is 22.3. The van der Waals surface area contributed by atoms with Gasteiger partial charge in [-0.2, -0.15) is 0 Å². The number of fused-ring (bicyclic) bond motifs is 1. The standard InChI is InChI=1S/C26H35N5O/c1-18-14-29-24(22-6-4-3-5-7-22)12-20(8-9-21-16-32-17-21)10-11-28-25-13-26(31-19(2)27)30-15-23(18)25/h10-15,21-22,29H,2-9,16-17,27H2,1H3,(H,30,31)/b18-14-,20-10?,24-12?,28-11?. The molecule has 2 fully saturated rings. The first-order valence-corrected chi connectivity index (χ1v) is 11.8. The van der Waals surface area contributed by atoms with Gasteiger partial charge in [0.2, 0.25) is 0 Å². The summed E-state index contributed by atoms with van der Waals surface area (Å²) in [6.07, 6.45) is 19.0. The summed E-state index contributed by atoms with van der Waals surface area (Å²) >= 11 is 0. The predicted molar refractivity (Wildman–Crippen MR) is 132 cm³/mol. The Kier molecular flexibility index (Phi) is 7.43. The molecule has 1 saturated carbocycles. The van der Waals surface area contributed by atoms with Crippen LogP contribution < -0.4 is 16.4 Å². The van der Waals surface area contributed by atoms with Crippen LogP contribution in [0, 0.1) is 11.8 Å². The van der Waals surface area contributed by atoms with Gasteiger partial charge in [-0.15, -0.1) is 0 Å². The summed E-state index contributed by atoms with van der Waals surface area (Å²) in [5.74, 6) is 2.26. The molecule has 170 valence electrons. The Morgan fingerprint density at radius 3 is 2.81 bits per heavy atom. The summed E-state index contributed by atoms with van der Waals surface area (Å²) in [5, 5.41) is 6.65. The minimum atomic E-state index is 0.357. The zero-order chi connectivity index (χ0) is 22.3. The lowest BCUT2D eigenvalue weighted by Gasteiger charge is -2.27. The first-order chi connectivity index (χ1) is 15.6. The number of nitrogens with zero attached hydrogens (tertiary/aromatic N) is 2. The third kappa shape index (κ3) is 5.88. The van der Waals surface area contributed by atoms with Gasteiger partial charge < -0.3 is 21.1 Å². The number of pyridine rings is 1. The van der Waals surface area contributed by atoms with Crippen LogP contribution in [0.3, 0.4) is 0 Å². The number of nitrogens with one attached hydrogen (secondary N) is 2. The van der Waals surface area contributed by atoms with Crippen molar-refractivity contribution in [3.8, 4) is 0 Å². The topological polar surface area (TPSA) is 84.6 Å². The summed E-state index contributed by atoms with van der Waals surface area (Å²) in [6, 6.07) is 1.91. The number of nitrogens with two attached hydrogens (primary N) is 1. The van der Waals surface area contributed by atoms with Crippen LogP contribution in [0.1, 0.15) is 57.4 Å². The maximum absolute atomic E-state index is 5.70. The van der Waals surface area contributed by atoms with Gasteiger partial charge in [-0.1, -0.05) is 25.8 Å². The molecule has 0 aromatic carbocycles. The number of aromatic nitrogens is 1. The third-order valence-electron chi connectivity index (χ3n) is 6.49. The summed E-state index contributed by atoms with van der Waals surface area (Å²) in [4.78, 5) is 9.27. The number of rotatable bonds is 6. The van der Waals surface area contributed by atoms with Crippen LogP contribution in [0.2, 0.25) is 0 Å². The second-order valence-corrected chi connectivity index (χ2v) is 9.11. The number of allylic oxidation sites excluding steroid dienone is 5. The van der Waals surface area contributed by atoms with Crippen LogP contribution in [0.25, 0.3) is 5.57 Å². The highest BCUT2D eigenvalue weighted by atomic mass is 16.5. The molecule has 0 bridgehead atoms. The number of ether oxygens (including phenoxy) is 1. The Morgan fingerprint density at radius 2 is 2.09 bits per heavy atom. The van der Waals surface area contributed by atoms with Crippen molar-refractivity contribution in [2.24, 2.45) is 22.6 Å². The number of aliphatic imine (C=N–C) groups is 1. The van der Waals surface area contributed by atoms with Crippen molar-refractivity contribution in [3.05, 3.63) is 59.8 Å².